The molecule has 2 atom stereocenters. The van der Waals surface area contributed by atoms with Crippen LogP contribution >= 0.6 is 15.9 Å². The van der Waals surface area contributed by atoms with Crippen molar-refractivity contribution < 1.29 is 9.59 Å². The van der Waals surface area contributed by atoms with Gasteiger partial charge in [0.15, 0.2) is 0 Å². The zero-order valence-electron chi connectivity index (χ0n) is 17.7. The number of nitrogens with one attached hydrogen (secondary N) is 1. The van der Waals surface area contributed by atoms with Crippen molar-refractivity contribution in [2.75, 3.05) is 0 Å². The van der Waals surface area contributed by atoms with E-state index in [1.54, 1.807) is 11.8 Å². The molecular formula is C24H31BrN2O2. The van der Waals surface area contributed by atoms with Crippen molar-refractivity contribution in [2.24, 2.45) is 0 Å². The SMILES string of the molecule is CC[C@H](C)NC(=O)[C@@H](C)N(Cc1cccc(Br)c1)C(=O)CCc1ccc(C)cc1. The van der Waals surface area contributed by atoms with Crippen LogP contribution in [-0.4, -0.2) is 28.8 Å². The highest BCUT2D eigenvalue weighted by molar-refractivity contribution is 9.10. The molecule has 0 aliphatic rings. The molecule has 0 saturated heterocycles. The number of hydrogen-bond acceptors (Lipinski definition) is 2. The van der Waals surface area contributed by atoms with E-state index in [0.29, 0.717) is 19.4 Å². The van der Waals surface area contributed by atoms with Crippen LogP contribution < -0.4 is 5.32 Å². The monoisotopic (exact) mass is 458 g/mol. The van der Waals surface area contributed by atoms with Gasteiger partial charge in [-0.25, -0.2) is 0 Å². The Hall–Kier alpha value is -2.14. The number of rotatable bonds is 9. The summed E-state index contributed by atoms with van der Waals surface area (Å²) in [5, 5.41) is 3.00. The molecule has 0 fully saturated rings. The van der Waals surface area contributed by atoms with Crippen LogP contribution in [0, 0.1) is 6.92 Å². The molecule has 1 N–H and O–H groups in total. The van der Waals surface area contributed by atoms with Gasteiger partial charge in [-0.3, -0.25) is 9.59 Å². The van der Waals surface area contributed by atoms with Gasteiger partial charge in [0.05, 0.1) is 0 Å². The molecule has 4 nitrogen and oxygen atoms in total. The van der Waals surface area contributed by atoms with Gasteiger partial charge in [-0.05, 0) is 56.9 Å². The summed E-state index contributed by atoms with van der Waals surface area (Å²) in [7, 11) is 0. The summed E-state index contributed by atoms with van der Waals surface area (Å²) in [6.45, 7) is 8.26. The molecule has 2 aromatic rings. The Kier molecular flexibility index (Phi) is 8.90. The normalized spacial score (nSPS) is 12.9. The zero-order chi connectivity index (χ0) is 21.4. The van der Waals surface area contributed by atoms with Crippen molar-refractivity contribution in [3.05, 3.63) is 69.7 Å². The van der Waals surface area contributed by atoms with Gasteiger partial charge < -0.3 is 10.2 Å². The highest BCUT2D eigenvalue weighted by atomic mass is 79.9. The maximum atomic E-state index is 13.1. The Labute approximate surface area is 182 Å². The maximum absolute atomic E-state index is 13.1. The first kappa shape index (κ1) is 23.1. The molecule has 0 radical (unpaired) electrons. The quantitative estimate of drug-likeness (QED) is 0.573. The summed E-state index contributed by atoms with van der Waals surface area (Å²) in [6.07, 6.45) is 1.89. The molecular weight excluding hydrogens is 428 g/mol. The van der Waals surface area contributed by atoms with Gasteiger partial charge in [-0.15, -0.1) is 0 Å². The van der Waals surface area contributed by atoms with Crippen LogP contribution in [0.2, 0.25) is 0 Å². The van der Waals surface area contributed by atoms with Gasteiger partial charge in [0.1, 0.15) is 6.04 Å². The van der Waals surface area contributed by atoms with Crippen molar-refractivity contribution in [1.82, 2.24) is 10.2 Å². The lowest BCUT2D eigenvalue weighted by molar-refractivity contribution is -0.140. The van der Waals surface area contributed by atoms with E-state index >= 15 is 0 Å². The van der Waals surface area contributed by atoms with Gasteiger partial charge in [0, 0.05) is 23.5 Å². The minimum absolute atomic E-state index is 0.0163. The number of aryl methyl sites for hydroxylation is 2. The number of hydrogen-bond donors (Lipinski definition) is 1. The van der Waals surface area contributed by atoms with Crippen LogP contribution in [0.3, 0.4) is 0 Å². The summed E-state index contributed by atoms with van der Waals surface area (Å²) in [5.41, 5.74) is 3.32. The van der Waals surface area contributed by atoms with E-state index in [2.05, 4.69) is 45.5 Å². The van der Waals surface area contributed by atoms with Gasteiger partial charge in [-0.1, -0.05) is 64.8 Å². The van der Waals surface area contributed by atoms with Gasteiger partial charge in [0.2, 0.25) is 11.8 Å². The lowest BCUT2D eigenvalue weighted by Gasteiger charge is -2.30. The summed E-state index contributed by atoms with van der Waals surface area (Å²) < 4.78 is 0.957. The molecule has 2 amide bonds. The lowest BCUT2D eigenvalue weighted by atomic mass is 10.1. The molecule has 2 aromatic carbocycles. The van der Waals surface area contributed by atoms with Gasteiger partial charge >= 0.3 is 0 Å². The van der Waals surface area contributed by atoms with Crippen molar-refractivity contribution >= 4 is 27.7 Å². The number of benzene rings is 2. The second kappa shape index (κ2) is 11.1. The average Bonchev–Trinajstić information content (AvgIpc) is 2.70. The first-order valence-electron chi connectivity index (χ1n) is 10.2. The molecule has 0 saturated carbocycles. The zero-order valence-corrected chi connectivity index (χ0v) is 19.3. The molecule has 0 aliphatic heterocycles. The summed E-state index contributed by atoms with van der Waals surface area (Å²) in [6, 6.07) is 15.6. The van der Waals surface area contributed by atoms with Crippen LogP contribution in [0.15, 0.2) is 53.0 Å². The maximum Gasteiger partial charge on any atom is 0.242 e. The Balaban J connectivity index is 2.14. The summed E-state index contributed by atoms with van der Waals surface area (Å²) in [4.78, 5) is 27.5. The number of nitrogens with zero attached hydrogens (tertiary/aromatic N) is 1. The van der Waals surface area contributed by atoms with Crippen LogP contribution in [0.4, 0.5) is 0 Å². The van der Waals surface area contributed by atoms with Crippen LogP contribution in [0.25, 0.3) is 0 Å². The topological polar surface area (TPSA) is 49.4 Å². The third-order valence-electron chi connectivity index (χ3n) is 5.16. The fraction of sp³-hybridized carbons (Fsp3) is 0.417. The highest BCUT2D eigenvalue weighted by Crippen LogP contribution is 2.17. The second-order valence-electron chi connectivity index (χ2n) is 7.63. The van der Waals surface area contributed by atoms with Crippen LogP contribution in [0.5, 0.6) is 0 Å². The fourth-order valence-corrected chi connectivity index (χ4v) is 3.48. The van der Waals surface area contributed by atoms with Crippen molar-refractivity contribution in [3.63, 3.8) is 0 Å². The smallest absolute Gasteiger partial charge is 0.242 e. The first-order valence-corrected chi connectivity index (χ1v) is 11.0. The van der Waals surface area contributed by atoms with Crippen LogP contribution in [-0.2, 0) is 22.6 Å². The van der Waals surface area contributed by atoms with E-state index in [1.807, 2.05) is 45.0 Å². The lowest BCUT2D eigenvalue weighted by Crippen LogP contribution is -2.49. The van der Waals surface area contributed by atoms with Crippen molar-refractivity contribution in [3.8, 4) is 0 Å². The third kappa shape index (κ3) is 7.32. The van der Waals surface area contributed by atoms with Gasteiger partial charge in [0.25, 0.3) is 0 Å². The van der Waals surface area contributed by atoms with E-state index < -0.39 is 6.04 Å². The Morgan fingerprint density at radius 1 is 1.07 bits per heavy atom. The Morgan fingerprint density at radius 2 is 1.76 bits per heavy atom. The van der Waals surface area contributed by atoms with E-state index in [1.165, 1.54) is 5.56 Å². The highest BCUT2D eigenvalue weighted by Gasteiger charge is 2.26. The number of carbonyl (C=O) groups excluding carboxylic acids is 2. The summed E-state index contributed by atoms with van der Waals surface area (Å²) in [5.74, 6) is -0.129. The largest absolute Gasteiger partial charge is 0.352 e. The minimum atomic E-state index is -0.534. The molecule has 0 aromatic heterocycles. The molecule has 156 valence electrons. The standard InChI is InChI=1S/C24H31BrN2O2/c1-5-18(3)26-24(29)19(4)27(16-21-7-6-8-22(25)15-21)23(28)14-13-20-11-9-17(2)10-12-20/h6-12,15,18-19H,5,13-14,16H2,1-4H3,(H,26,29)/t18-,19+/m0/s1. The fourth-order valence-electron chi connectivity index (χ4n) is 3.03. The van der Waals surface area contributed by atoms with Gasteiger partial charge in [-0.2, -0.15) is 0 Å². The molecule has 0 unspecified atom stereocenters. The Morgan fingerprint density at radius 3 is 2.38 bits per heavy atom. The Bertz CT molecular complexity index is 820. The molecule has 0 bridgehead atoms. The average molecular weight is 459 g/mol. The molecule has 0 aliphatic carbocycles. The van der Waals surface area contributed by atoms with Crippen LogP contribution in [0.1, 0.15) is 50.3 Å². The first-order chi connectivity index (χ1) is 13.8. The third-order valence-corrected chi connectivity index (χ3v) is 5.65. The molecule has 0 spiro atoms. The second-order valence-corrected chi connectivity index (χ2v) is 8.55. The molecule has 0 heterocycles. The number of carbonyl (C=O) groups is 2. The minimum Gasteiger partial charge on any atom is -0.352 e. The number of amides is 2. The van der Waals surface area contributed by atoms with E-state index in [4.69, 9.17) is 0 Å². The van der Waals surface area contributed by atoms with Crippen molar-refractivity contribution in [2.45, 2.75) is 65.6 Å². The van der Waals surface area contributed by atoms with E-state index in [0.717, 1.165) is 22.0 Å². The van der Waals surface area contributed by atoms with E-state index in [-0.39, 0.29) is 17.9 Å². The van der Waals surface area contributed by atoms with E-state index in [9.17, 15) is 9.59 Å². The molecule has 5 heteroatoms. The molecule has 29 heavy (non-hydrogen) atoms. The summed E-state index contributed by atoms with van der Waals surface area (Å²) >= 11 is 3.48. The molecule has 2 rings (SSSR count). The predicted molar refractivity (Wildman–Crippen MR) is 122 cm³/mol. The number of halogens is 1. The predicted octanol–water partition coefficient (Wildman–Crippen LogP) is 5.02. The van der Waals surface area contributed by atoms with Crippen molar-refractivity contribution in [1.29, 1.82) is 0 Å².